The Labute approximate surface area is 126 Å². The summed E-state index contributed by atoms with van der Waals surface area (Å²) in [6.07, 6.45) is 0.613. The molecule has 0 aliphatic carbocycles. The maximum atomic E-state index is 13.2. The molecule has 1 heterocycles. The lowest BCUT2D eigenvalue weighted by molar-refractivity contribution is 0.626. The van der Waals surface area contributed by atoms with Gasteiger partial charge in [-0.1, -0.05) is 30.3 Å². The number of anilines is 2. The van der Waals surface area contributed by atoms with Gasteiger partial charge in [-0.3, -0.25) is 0 Å². The van der Waals surface area contributed by atoms with E-state index in [0.717, 1.165) is 16.7 Å². The minimum atomic E-state index is -0.244. The molecular formula is C16H14FN5. The Kier molecular flexibility index (Phi) is 3.65. The van der Waals surface area contributed by atoms with Crippen LogP contribution in [0.3, 0.4) is 0 Å². The van der Waals surface area contributed by atoms with Crippen molar-refractivity contribution in [3.05, 3.63) is 65.5 Å². The van der Waals surface area contributed by atoms with Gasteiger partial charge in [-0.05, 0) is 35.7 Å². The summed E-state index contributed by atoms with van der Waals surface area (Å²) in [7, 11) is 0. The van der Waals surface area contributed by atoms with Gasteiger partial charge < -0.3 is 11.5 Å². The normalized spacial score (nSPS) is 10.6. The van der Waals surface area contributed by atoms with Gasteiger partial charge in [0.25, 0.3) is 0 Å². The van der Waals surface area contributed by atoms with E-state index in [0.29, 0.717) is 12.2 Å². The first kappa shape index (κ1) is 13.9. The molecule has 0 aliphatic rings. The number of rotatable bonds is 3. The fraction of sp³-hybridized carbons (Fsp3) is 0.0625. The zero-order valence-electron chi connectivity index (χ0n) is 11.7. The Bertz CT molecular complexity index is 799. The second-order valence-corrected chi connectivity index (χ2v) is 4.88. The van der Waals surface area contributed by atoms with E-state index in [-0.39, 0.29) is 17.7 Å². The van der Waals surface area contributed by atoms with Crippen molar-refractivity contribution in [3.8, 4) is 11.4 Å². The van der Waals surface area contributed by atoms with E-state index in [9.17, 15) is 4.39 Å². The molecule has 6 heteroatoms. The first-order valence-electron chi connectivity index (χ1n) is 6.71. The molecule has 5 nitrogen and oxygen atoms in total. The molecule has 0 amide bonds. The number of nitrogens with two attached hydrogens (primary N) is 2. The van der Waals surface area contributed by atoms with Crippen LogP contribution >= 0.6 is 0 Å². The first-order chi connectivity index (χ1) is 10.6. The number of hydrogen-bond acceptors (Lipinski definition) is 5. The van der Waals surface area contributed by atoms with Crippen molar-refractivity contribution in [1.29, 1.82) is 0 Å². The molecule has 0 radical (unpaired) electrons. The highest BCUT2D eigenvalue weighted by Gasteiger charge is 2.06. The molecular weight excluding hydrogens is 281 g/mol. The third kappa shape index (κ3) is 3.17. The Morgan fingerprint density at radius 1 is 0.818 bits per heavy atom. The minimum Gasteiger partial charge on any atom is -0.368 e. The first-order valence-corrected chi connectivity index (χ1v) is 6.71. The number of nitrogens with zero attached hydrogens (tertiary/aromatic N) is 3. The van der Waals surface area contributed by atoms with Gasteiger partial charge in [-0.2, -0.15) is 15.0 Å². The van der Waals surface area contributed by atoms with Crippen LogP contribution in [0.15, 0.2) is 48.5 Å². The number of benzene rings is 2. The van der Waals surface area contributed by atoms with Crippen molar-refractivity contribution >= 4 is 11.9 Å². The van der Waals surface area contributed by atoms with E-state index in [1.807, 2.05) is 30.3 Å². The van der Waals surface area contributed by atoms with E-state index in [4.69, 9.17) is 11.5 Å². The van der Waals surface area contributed by atoms with Crippen molar-refractivity contribution in [2.24, 2.45) is 0 Å². The molecule has 0 unspecified atom stereocenters. The average molecular weight is 295 g/mol. The van der Waals surface area contributed by atoms with Crippen molar-refractivity contribution in [2.75, 3.05) is 11.5 Å². The number of halogens is 1. The van der Waals surface area contributed by atoms with Crippen molar-refractivity contribution < 1.29 is 4.39 Å². The summed E-state index contributed by atoms with van der Waals surface area (Å²) in [5, 5.41) is 0. The van der Waals surface area contributed by atoms with Crippen LogP contribution in [0.1, 0.15) is 11.1 Å². The minimum absolute atomic E-state index is 0.0815. The lowest BCUT2D eigenvalue weighted by atomic mass is 10.0. The van der Waals surface area contributed by atoms with Gasteiger partial charge in [0.15, 0.2) is 5.82 Å². The fourth-order valence-corrected chi connectivity index (χ4v) is 2.24. The summed E-state index contributed by atoms with van der Waals surface area (Å²) < 4.78 is 13.2. The van der Waals surface area contributed by atoms with Crippen LogP contribution in [0.5, 0.6) is 0 Å². The zero-order chi connectivity index (χ0) is 15.5. The largest absolute Gasteiger partial charge is 0.368 e. The summed E-state index contributed by atoms with van der Waals surface area (Å²) in [6, 6.07) is 14.2. The van der Waals surface area contributed by atoms with Gasteiger partial charge in [0.05, 0.1) is 0 Å². The van der Waals surface area contributed by atoms with Gasteiger partial charge in [0.2, 0.25) is 11.9 Å². The van der Waals surface area contributed by atoms with E-state index in [1.165, 1.54) is 12.1 Å². The van der Waals surface area contributed by atoms with Crippen LogP contribution in [0.2, 0.25) is 0 Å². The van der Waals surface area contributed by atoms with Crippen LogP contribution in [0.4, 0.5) is 16.3 Å². The molecule has 0 saturated heterocycles. The molecule has 0 saturated carbocycles. The van der Waals surface area contributed by atoms with Crippen LogP contribution in [0, 0.1) is 5.82 Å². The Balaban J connectivity index is 1.92. The predicted molar refractivity (Wildman–Crippen MR) is 83.3 cm³/mol. The standard InChI is InChI=1S/C16H14FN5/c17-13-6-2-4-11(9-13)7-10-3-1-5-12(8-10)14-20-15(18)22-16(19)21-14/h1-6,8-9H,7H2,(H4,18,19,20,21,22). The van der Waals surface area contributed by atoms with Crippen molar-refractivity contribution in [3.63, 3.8) is 0 Å². The third-order valence-corrected chi connectivity index (χ3v) is 3.15. The summed E-state index contributed by atoms with van der Waals surface area (Å²) in [5.41, 5.74) is 13.9. The Hall–Kier alpha value is -3.02. The molecule has 0 aliphatic heterocycles. The van der Waals surface area contributed by atoms with E-state index in [1.54, 1.807) is 6.07 Å². The van der Waals surface area contributed by atoms with Crippen LogP contribution < -0.4 is 11.5 Å². The Morgan fingerprint density at radius 3 is 2.14 bits per heavy atom. The molecule has 3 aromatic rings. The maximum Gasteiger partial charge on any atom is 0.225 e. The predicted octanol–water partition coefficient (Wildman–Crippen LogP) is 2.43. The highest BCUT2D eigenvalue weighted by molar-refractivity contribution is 5.58. The molecule has 22 heavy (non-hydrogen) atoms. The van der Waals surface area contributed by atoms with E-state index in [2.05, 4.69) is 15.0 Å². The average Bonchev–Trinajstić information content (AvgIpc) is 2.46. The Morgan fingerprint density at radius 2 is 1.45 bits per heavy atom. The molecule has 1 aromatic heterocycles. The summed E-state index contributed by atoms with van der Waals surface area (Å²) in [5.74, 6) is 0.342. The molecule has 3 rings (SSSR count). The number of hydrogen-bond donors (Lipinski definition) is 2. The summed E-state index contributed by atoms with van der Waals surface area (Å²) >= 11 is 0. The van der Waals surface area contributed by atoms with Gasteiger partial charge in [0, 0.05) is 5.56 Å². The van der Waals surface area contributed by atoms with E-state index >= 15 is 0 Å². The summed E-state index contributed by atoms with van der Waals surface area (Å²) in [4.78, 5) is 11.9. The lowest BCUT2D eigenvalue weighted by Crippen LogP contribution is -2.04. The second kappa shape index (κ2) is 5.77. The van der Waals surface area contributed by atoms with E-state index < -0.39 is 0 Å². The van der Waals surface area contributed by atoms with Gasteiger partial charge in [0.1, 0.15) is 5.82 Å². The van der Waals surface area contributed by atoms with Crippen molar-refractivity contribution in [1.82, 2.24) is 15.0 Å². The molecule has 4 N–H and O–H groups in total. The smallest absolute Gasteiger partial charge is 0.225 e. The fourth-order valence-electron chi connectivity index (χ4n) is 2.24. The molecule has 0 atom stereocenters. The summed E-state index contributed by atoms with van der Waals surface area (Å²) in [6.45, 7) is 0. The highest BCUT2D eigenvalue weighted by atomic mass is 19.1. The highest BCUT2D eigenvalue weighted by Crippen LogP contribution is 2.19. The van der Waals surface area contributed by atoms with Crippen LogP contribution in [0.25, 0.3) is 11.4 Å². The number of nitrogen functional groups attached to an aromatic ring is 2. The third-order valence-electron chi connectivity index (χ3n) is 3.15. The molecule has 0 spiro atoms. The monoisotopic (exact) mass is 295 g/mol. The molecule has 0 bridgehead atoms. The second-order valence-electron chi connectivity index (χ2n) is 4.88. The molecule has 2 aromatic carbocycles. The van der Waals surface area contributed by atoms with Crippen LogP contribution in [-0.2, 0) is 6.42 Å². The SMILES string of the molecule is Nc1nc(N)nc(-c2cccc(Cc3cccc(F)c3)c2)n1. The number of aromatic nitrogens is 3. The van der Waals surface area contributed by atoms with Crippen molar-refractivity contribution in [2.45, 2.75) is 6.42 Å². The maximum absolute atomic E-state index is 13.2. The topological polar surface area (TPSA) is 90.7 Å². The van der Waals surface area contributed by atoms with Crippen LogP contribution in [-0.4, -0.2) is 15.0 Å². The quantitative estimate of drug-likeness (QED) is 0.774. The molecule has 0 fully saturated rings. The van der Waals surface area contributed by atoms with Gasteiger partial charge in [-0.25, -0.2) is 4.39 Å². The zero-order valence-corrected chi connectivity index (χ0v) is 11.7. The lowest BCUT2D eigenvalue weighted by Gasteiger charge is -2.06. The van der Waals surface area contributed by atoms with Gasteiger partial charge in [-0.15, -0.1) is 0 Å². The molecule has 110 valence electrons. The van der Waals surface area contributed by atoms with Gasteiger partial charge >= 0.3 is 0 Å².